The van der Waals surface area contributed by atoms with E-state index in [2.05, 4.69) is 0 Å². The van der Waals surface area contributed by atoms with E-state index in [4.69, 9.17) is 22.1 Å². The van der Waals surface area contributed by atoms with Crippen molar-refractivity contribution in [2.24, 2.45) is 5.73 Å². The minimum Gasteiger partial charge on any atom is -0.496 e. The van der Waals surface area contributed by atoms with Gasteiger partial charge in [-0.1, -0.05) is 11.6 Å². The molecule has 16 heavy (non-hydrogen) atoms. The number of nitrogens with two attached hydrogens (primary N) is 1. The number of aryl methyl sites for hydroxylation is 1. The molecule has 0 aliphatic carbocycles. The minimum absolute atomic E-state index is 0.139. The fourth-order valence-corrected chi connectivity index (χ4v) is 1.77. The Hall–Kier alpha value is -1.06. The lowest BCUT2D eigenvalue weighted by Gasteiger charge is -2.15. The van der Waals surface area contributed by atoms with E-state index < -0.39 is 6.04 Å². The Kier molecular flexibility index (Phi) is 3.94. The normalized spacial score (nSPS) is 12.4. The Labute approximate surface area is 101 Å². The maximum Gasteiger partial charge on any atom is 0.182 e. The number of hydrogen-bond acceptors (Lipinski definition) is 3. The second kappa shape index (κ2) is 4.85. The van der Waals surface area contributed by atoms with E-state index in [0.29, 0.717) is 16.3 Å². The third-order valence-electron chi connectivity index (χ3n) is 2.50. The van der Waals surface area contributed by atoms with Crippen LogP contribution in [0.3, 0.4) is 0 Å². The van der Waals surface area contributed by atoms with Crippen LogP contribution in [0.1, 0.15) is 28.4 Å². The molecule has 2 N–H and O–H groups in total. The summed E-state index contributed by atoms with van der Waals surface area (Å²) in [7, 11) is 1.52. The zero-order chi connectivity index (χ0) is 12.5. The van der Waals surface area contributed by atoms with Gasteiger partial charge >= 0.3 is 0 Å². The molecule has 1 rings (SSSR count). The number of hydrogen-bond donors (Lipinski definition) is 1. The molecule has 88 valence electrons. The van der Waals surface area contributed by atoms with Crippen molar-refractivity contribution >= 4 is 17.4 Å². The molecule has 1 aromatic carbocycles. The van der Waals surface area contributed by atoms with Gasteiger partial charge in [-0.15, -0.1) is 0 Å². The van der Waals surface area contributed by atoms with E-state index >= 15 is 0 Å². The van der Waals surface area contributed by atoms with E-state index in [9.17, 15) is 4.79 Å². The van der Waals surface area contributed by atoms with Crippen molar-refractivity contribution in [2.75, 3.05) is 7.11 Å². The van der Waals surface area contributed by atoms with Crippen LogP contribution in [0.15, 0.2) is 6.07 Å². The highest BCUT2D eigenvalue weighted by Crippen LogP contribution is 2.33. The second-order valence-electron chi connectivity index (χ2n) is 3.87. The fourth-order valence-electron chi connectivity index (χ4n) is 1.63. The van der Waals surface area contributed by atoms with Gasteiger partial charge in [0.1, 0.15) is 5.75 Å². The molecule has 0 aliphatic rings. The summed E-state index contributed by atoms with van der Waals surface area (Å²) in [6.07, 6.45) is 0. The zero-order valence-electron chi connectivity index (χ0n) is 9.93. The van der Waals surface area contributed by atoms with Crippen LogP contribution in [0.2, 0.25) is 5.02 Å². The minimum atomic E-state index is -0.547. The van der Waals surface area contributed by atoms with Crippen LogP contribution in [0.5, 0.6) is 5.75 Å². The van der Waals surface area contributed by atoms with Crippen LogP contribution in [-0.2, 0) is 0 Å². The van der Waals surface area contributed by atoms with Crippen molar-refractivity contribution in [3.8, 4) is 5.75 Å². The zero-order valence-corrected chi connectivity index (χ0v) is 10.7. The molecule has 0 aliphatic heterocycles. The van der Waals surface area contributed by atoms with Gasteiger partial charge in [0.25, 0.3) is 0 Å². The van der Waals surface area contributed by atoms with Gasteiger partial charge in [-0.05, 0) is 32.4 Å². The number of carbonyl (C=O) groups excluding carboxylic acids is 1. The van der Waals surface area contributed by atoms with Crippen LogP contribution in [0, 0.1) is 13.8 Å². The summed E-state index contributed by atoms with van der Waals surface area (Å²) >= 11 is 6.10. The van der Waals surface area contributed by atoms with Crippen LogP contribution >= 0.6 is 11.6 Å². The van der Waals surface area contributed by atoms with E-state index in [-0.39, 0.29) is 5.78 Å². The summed E-state index contributed by atoms with van der Waals surface area (Å²) in [5.41, 5.74) is 7.71. The van der Waals surface area contributed by atoms with Gasteiger partial charge in [-0.25, -0.2) is 0 Å². The molecule has 1 atom stereocenters. The number of carbonyl (C=O) groups is 1. The summed E-state index contributed by atoms with van der Waals surface area (Å²) in [4.78, 5) is 11.9. The highest BCUT2D eigenvalue weighted by molar-refractivity contribution is 6.32. The quantitative estimate of drug-likeness (QED) is 0.828. The Morgan fingerprint density at radius 1 is 1.50 bits per heavy atom. The largest absolute Gasteiger partial charge is 0.496 e. The number of benzene rings is 1. The topological polar surface area (TPSA) is 52.3 Å². The molecule has 0 radical (unpaired) electrons. The first-order valence-corrected chi connectivity index (χ1v) is 5.41. The Balaban J connectivity index is 3.45. The molecular weight excluding hydrogens is 226 g/mol. The third-order valence-corrected chi connectivity index (χ3v) is 3.09. The summed E-state index contributed by atoms with van der Waals surface area (Å²) < 4.78 is 5.22. The average molecular weight is 242 g/mol. The van der Waals surface area contributed by atoms with Gasteiger partial charge in [0, 0.05) is 5.56 Å². The number of halogens is 1. The number of methoxy groups -OCH3 is 1. The van der Waals surface area contributed by atoms with Gasteiger partial charge in [0.15, 0.2) is 5.78 Å². The van der Waals surface area contributed by atoms with Crippen molar-refractivity contribution in [2.45, 2.75) is 26.8 Å². The summed E-state index contributed by atoms with van der Waals surface area (Å²) in [6.45, 7) is 5.33. The highest BCUT2D eigenvalue weighted by Gasteiger charge is 2.20. The Morgan fingerprint density at radius 2 is 2.06 bits per heavy atom. The van der Waals surface area contributed by atoms with Gasteiger partial charge < -0.3 is 10.5 Å². The van der Waals surface area contributed by atoms with Crippen molar-refractivity contribution in [3.63, 3.8) is 0 Å². The molecule has 0 bridgehead atoms. The number of ether oxygens (including phenoxy) is 1. The summed E-state index contributed by atoms with van der Waals surface area (Å²) in [6, 6.07) is 1.17. The predicted octanol–water partition coefficient (Wildman–Crippen LogP) is 2.50. The molecule has 0 saturated heterocycles. The molecule has 1 aromatic rings. The Morgan fingerprint density at radius 3 is 2.50 bits per heavy atom. The van der Waals surface area contributed by atoms with Gasteiger partial charge in [-0.3, -0.25) is 4.79 Å². The first kappa shape index (κ1) is 13.0. The molecule has 0 saturated carbocycles. The molecule has 0 spiro atoms. The van der Waals surface area contributed by atoms with Gasteiger partial charge in [0.2, 0.25) is 0 Å². The molecular formula is C12H16ClNO2. The molecule has 0 aromatic heterocycles. The van der Waals surface area contributed by atoms with E-state index in [1.807, 2.05) is 13.8 Å². The molecule has 0 fully saturated rings. The second-order valence-corrected chi connectivity index (χ2v) is 4.24. The monoisotopic (exact) mass is 241 g/mol. The van der Waals surface area contributed by atoms with Crippen molar-refractivity contribution in [3.05, 3.63) is 27.8 Å². The van der Waals surface area contributed by atoms with E-state index in [1.54, 1.807) is 13.0 Å². The molecule has 0 amide bonds. The van der Waals surface area contributed by atoms with E-state index in [0.717, 1.165) is 11.1 Å². The van der Waals surface area contributed by atoms with E-state index in [1.165, 1.54) is 7.11 Å². The number of Topliss-reactive ketones (excluding diaryl/α,β-unsaturated/α-hetero) is 1. The smallest absolute Gasteiger partial charge is 0.182 e. The molecule has 1 unspecified atom stereocenters. The first-order valence-electron chi connectivity index (χ1n) is 5.03. The average Bonchev–Trinajstić information content (AvgIpc) is 2.24. The van der Waals surface area contributed by atoms with Crippen LogP contribution in [0.25, 0.3) is 0 Å². The third kappa shape index (κ3) is 2.20. The summed E-state index contributed by atoms with van der Waals surface area (Å²) in [5.74, 6) is 0.373. The predicted molar refractivity (Wildman–Crippen MR) is 65.5 cm³/mol. The van der Waals surface area contributed by atoms with Crippen molar-refractivity contribution in [1.82, 2.24) is 0 Å². The molecule has 3 nitrogen and oxygen atoms in total. The van der Waals surface area contributed by atoms with Gasteiger partial charge in [-0.2, -0.15) is 0 Å². The number of ketones is 1. The number of rotatable bonds is 3. The van der Waals surface area contributed by atoms with Gasteiger partial charge in [0.05, 0.1) is 23.7 Å². The Bertz CT molecular complexity index is 428. The SMILES string of the molecule is COc1c(C(=O)C(C)N)cc(C)c(Cl)c1C. The highest BCUT2D eigenvalue weighted by atomic mass is 35.5. The molecule has 4 heteroatoms. The van der Waals surface area contributed by atoms with Crippen LogP contribution in [-0.4, -0.2) is 18.9 Å². The van der Waals surface area contributed by atoms with Crippen LogP contribution in [0.4, 0.5) is 0 Å². The summed E-state index contributed by atoms with van der Waals surface area (Å²) in [5, 5.41) is 0.623. The van der Waals surface area contributed by atoms with Crippen molar-refractivity contribution < 1.29 is 9.53 Å². The lowest BCUT2D eigenvalue weighted by Crippen LogP contribution is -2.27. The first-order chi connectivity index (χ1) is 7.40. The standard InChI is InChI=1S/C12H16ClNO2/c1-6-5-9(11(15)8(3)14)12(16-4)7(2)10(6)13/h5,8H,14H2,1-4H3. The van der Waals surface area contributed by atoms with Crippen molar-refractivity contribution in [1.29, 1.82) is 0 Å². The maximum absolute atomic E-state index is 11.9. The molecule has 0 heterocycles. The van der Waals surface area contributed by atoms with Crippen LogP contribution < -0.4 is 10.5 Å². The maximum atomic E-state index is 11.9. The lowest BCUT2D eigenvalue weighted by atomic mass is 9.99. The lowest BCUT2D eigenvalue weighted by molar-refractivity contribution is 0.0964. The fraction of sp³-hybridized carbons (Fsp3) is 0.417.